The summed E-state index contributed by atoms with van der Waals surface area (Å²) in [5.74, 6) is 2.04. The summed E-state index contributed by atoms with van der Waals surface area (Å²) in [7, 11) is 0. The Bertz CT molecular complexity index is 1340. The molecule has 1 aromatic carbocycles. The maximum Gasteiger partial charge on any atom is 0.227 e. The molecule has 0 bridgehead atoms. The molecule has 1 unspecified atom stereocenters. The highest BCUT2D eigenvalue weighted by Gasteiger charge is 2.26. The molecule has 5 heterocycles. The molecule has 11 heteroatoms. The zero-order valence-electron chi connectivity index (χ0n) is 20.8. The van der Waals surface area contributed by atoms with Gasteiger partial charge in [-0.1, -0.05) is 0 Å². The van der Waals surface area contributed by atoms with Gasteiger partial charge >= 0.3 is 0 Å². The van der Waals surface area contributed by atoms with Gasteiger partial charge in [0.1, 0.15) is 5.82 Å². The van der Waals surface area contributed by atoms with Crippen LogP contribution in [0.4, 0.5) is 23.1 Å². The second kappa shape index (κ2) is 9.73. The topological polar surface area (TPSA) is 135 Å². The molecule has 6 rings (SSSR count). The van der Waals surface area contributed by atoms with E-state index in [4.69, 9.17) is 20.9 Å². The van der Waals surface area contributed by atoms with Crippen molar-refractivity contribution in [2.24, 2.45) is 11.5 Å². The van der Waals surface area contributed by atoms with Crippen LogP contribution in [0.5, 0.6) is 0 Å². The number of rotatable bonds is 6. The SMILES string of the molecule is CC1(N)CCN(c2ccc(Nc3ncc(-c4cnco4)c(-c4cc(N5CCC(N)C5)ns4)n3)cc2)CC1. The van der Waals surface area contributed by atoms with Crippen LogP contribution in [-0.2, 0) is 0 Å². The van der Waals surface area contributed by atoms with E-state index in [9.17, 15) is 0 Å². The van der Waals surface area contributed by atoms with Crippen LogP contribution in [0.2, 0.25) is 0 Å². The van der Waals surface area contributed by atoms with Gasteiger partial charge in [0.05, 0.1) is 22.3 Å². The molecule has 1 atom stereocenters. The molecule has 2 fully saturated rings. The highest BCUT2D eigenvalue weighted by atomic mass is 32.1. The fourth-order valence-corrected chi connectivity index (χ4v) is 5.60. The first-order valence-corrected chi connectivity index (χ1v) is 13.4. The fraction of sp³-hybridized carbons (Fsp3) is 0.385. The van der Waals surface area contributed by atoms with E-state index in [1.165, 1.54) is 23.6 Å². The predicted molar refractivity (Wildman–Crippen MR) is 147 cm³/mol. The molecule has 0 aliphatic carbocycles. The van der Waals surface area contributed by atoms with E-state index in [1.807, 2.05) is 0 Å². The lowest BCUT2D eigenvalue weighted by atomic mass is 9.91. The van der Waals surface area contributed by atoms with Gasteiger partial charge in [-0.2, -0.15) is 4.37 Å². The van der Waals surface area contributed by atoms with E-state index in [-0.39, 0.29) is 11.6 Å². The maximum atomic E-state index is 6.29. The van der Waals surface area contributed by atoms with Gasteiger partial charge in [0.25, 0.3) is 0 Å². The number of oxazole rings is 1. The lowest BCUT2D eigenvalue weighted by Crippen LogP contribution is -2.48. The van der Waals surface area contributed by atoms with E-state index in [0.29, 0.717) is 11.7 Å². The van der Waals surface area contributed by atoms with Crippen LogP contribution in [-0.4, -0.2) is 57.1 Å². The van der Waals surface area contributed by atoms with E-state index < -0.39 is 0 Å². The molecule has 5 N–H and O–H groups in total. The minimum absolute atomic E-state index is 0.0644. The van der Waals surface area contributed by atoms with Crippen LogP contribution in [0.1, 0.15) is 26.2 Å². The monoisotopic (exact) mass is 517 g/mol. The van der Waals surface area contributed by atoms with Gasteiger partial charge in [-0.15, -0.1) is 0 Å². The van der Waals surface area contributed by atoms with Gasteiger partial charge in [0.15, 0.2) is 12.2 Å². The van der Waals surface area contributed by atoms with Crippen LogP contribution in [0.15, 0.2) is 53.5 Å². The molecule has 0 saturated carbocycles. The third-order valence-corrected chi connectivity index (χ3v) is 7.95. The number of piperidine rings is 1. The molecule has 3 aromatic heterocycles. The molecule has 37 heavy (non-hydrogen) atoms. The van der Waals surface area contributed by atoms with Crippen molar-refractivity contribution < 1.29 is 4.42 Å². The Morgan fingerprint density at radius 3 is 2.62 bits per heavy atom. The number of benzene rings is 1. The van der Waals surface area contributed by atoms with Crippen molar-refractivity contribution in [3.63, 3.8) is 0 Å². The fourth-order valence-electron chi connectivity index (χ4n) is 4.84. The van der Waals surface area contributed by atoms with Crippen LogP contribution in [0, 0.1) is 0 Å². The van der Waals surface area contributed by atoms with E-state index in [2.05, 4.69) is 66.7 Å². The summed E-state index contributed by atoms with van der Waals surface area (Å²) in [5.41, 5.74) is 16.0. The van der Waals surface area contributed by atoms with Gasteiger partial charge in [0, 0.05) is 61.4 Å². The molecule has 0 spiro atoms. The van der Waals surface area contributed by atoms with E-state index >= 15 is 0 Å². The van der Waals surface area contributed by atoms with Crippen molar-refractivity contribution in [2.45, 2.75) is 37.8 Å². The Balaban J connectivity index is 1.24. The van der Waals surface area contributed by atoms with Crippen molar-refractivity contribution in [2.75, 3.05) is 41.3 Å². The van der Waals surface area contributed by atoms with Crippen molar-refractivity contribution in [3.05, 3.63) is 49.1 Å². The number of nitrogens with two attached hydrogens (primary N) is 2. The third kappa shape index (κ3) is 5.15. The summed E-state index contributed by atoms with van der Waals surface area (Å²) in [6, 6.07) is 10.6. The molecule has 2 aliphatic heterocycles. The number of anilines is 4. The molecule has 2 saturated heterocycles. The number of hydrogen-bond donors (Lipinski definition) is 3. The summed E-state index contributed by atoms with van der Waals surface area (Å²) in [6.45, 7) is 5.79. The lowest BCUT2D eigenvalue weighted by Gasteiger charge is -2.38. The molecule has 0 amide bonds. The third-order valence-electron chi connectivity index (χ3n) is 7.16. The Morgan fingerprint density at radius 1 is 1.11 bits per heavy atom. The van der Waals surface area contributed by atoms with Gasteiger partial charge < -0.3 is 31.0 Å². The quantitative estimate of drug-likeness (QED) is 0.346. The van der Waals surface area contributed by atoms with Gasteiger partial charge in [-0.05, 0) is 62.0 Å². The average molecular weight is 518 g/mol. The van der Waals surface area contributed by atoms with Gasteiger partial charge in [-0.25, -0.2) is 15.0 Å². The average Bonchev–Trinajstić information content (AvgIpc) is 3.67. The first-order chi connectivity index (χ1) is 17.9. The largest absolute Gasteiger partial charge is 0.443 e. The van der Waals surface area contributed by atoms with E-state index in [1.54, 1.807) is 12.4 Å². The number of aromatic nitrogens is 4. The normalized spacial score (nSPS) is 19.4. The Morgan fingerprint density at radius 2 is 1.92 bits per heavy atom. The zero-order valence-corrected chi connectivity index (χ0v) is 21.6. The molecular weight excluding hydrogens is 486 g/mol. The number of nitrogens with one attached hydrogen (secondary N) is 1. The Labute approximate surface area is 219 Å². The summed E-state index contributed by atoms with van der Waals surface area (Å²) < 4.78 is 10.3. The molecule has 4 aromatic rings. The highest BCUT2D eigenvalue weighted by Crippen LogP contribution is 2.36. The van der Waals surface area contributed by atoms with Gasteiger partial charge in [-0.3, -0.25) is 0 Å². The van der Waals surface area contributed by atoms with Crippen LogP contribution in [0.25, 0.3) is 21.9 Å². The van der Waals surface area contributed by atoms with Crippen molar-refractivity contribution in [1.29, 1.82) is 0 Å². The minimum atomic E-state index is -0.0644. The molecule has 10 nitrogen and oxygen atoms in total. The highest BCUT2D eigenvalue weighted by molar-refractivity contribution is 7.09. The summed E-state index contributed by atoms with van der Waals surface area (Å²) in [5, 5.41) is 3.35. The minimum Gasteiger partial charge on any atom is -0.443 e. The molecule has 2 aliphatic rings. The second-order valence-electron chi connectivity index (χ2n) is 10.2. The van der Waals surface area contributed by atoms with Crippen molar-refractivity contribution >= 4 is 34.7 Å². The number of hydrogen-bond acceptors (Lipinski definition) is 11. The Kier molecular flexibility index (Phi) is 6.27. The van der Waals surface area contributed by atoms with Crippen molar-refractivity contribution in [3.8, 4) is 21.9 Å². The Hall–Kier alpha value is -3.54. The standard InChI is InChI=1S/C26H31N9OS/c1-26(28)7-10-34(11-8-26)19-4-2-18(3-5-19)31-25-30-13-20(21-14-29-16-36-21)24(32-25)22-12-23(33-37-22)35-9-6-17(27)15-35/h2-5,12-14,16-17H,6-11,15,27-28H2,1H3,(H,30,31,32). The van der Waals surface area contributed by atoms with Crippen LogP contribution >= 0.6 is 11.5 Å². The number of nitrogens with zero attached hydrogens (tertiary/aromatic N) is 6. The first kappa shape index (κ1) is 23.8. The lowest BCUT2D eigenvalue weighted by molar-refractivity contribution is 0.364. The first-order valence-electron chi connectivity index (χ1n) is 12.6. The smallest absolute Gasteiger partial charge is 0.227 e. The molecule has 0 radical (unpaired) electrons. The zero-order chi connectivity index (χ0) is 25.4. The predicted octanol–water partition coefficient (Wildman–Crippen LogP) is 3.85. The second-order valence-corrected chi connectivity index (χ2v) is 11.0. The van der Waals surface area contributed by atoms with Crippen LogP contribution in [0.3, 0.4) is 0 Å². The molecular formula is C26H31N9OS. The van der Waals surface area contributed by atoms with Crippen molar-refractivity contribution in [1.82, 2.24) is 19.3 Å². The van der Waals surface area contributed by atoms with E-state index in [0.717, 1.165) is 73.1 Å². The summed E-state index contributed by atoms with van der Waals surface area (Å²) in [4.78, 5) is 19.0. The summed E-state index contributed by atoms with van der Waals surface area (Å²) in [6.07, 6.45) is 7.80. The van der Waals surface area contributed by atoms with Gasteiger partial charge in [0.2, 0.25) is 5.95 Å². The molecule has 192 valence electrons. The maximum absolute atomic E-state index is 6.29. The van der Waals surface area contributed by atoms with Crippen LogP contribution < -0.4 is 26.6 Å². The summed E-state index contributed by atoms with van der Waals surface area (Å²) >= 11 is 1.41.